The Morgan fingerprint density at radius 2 is 1.62 bits per heavy atom. The lowest BCUT2D eigenvalue weighted by atomic mass is 10.1. The minimum atomic E-state index is -3.60. The van der Waals surface area contributed by atoms with E-state index in [1.807, 2.05) is 13.8 Å². The minimum absolute atomic E-state index is 0.0120. The van der Waals surface area contributed by atoms with Crippen LogP contribution in [0.4, 0.5) is 4.39 Å². The standard InChI is InChI=1S/C19H21FN2O3S/c1-14-7-8-16(13-15(14)2)26(24,25)22-11-9-21(10-12-22)19(23)17-5-3-4-6-18(17)20/h3-8,13H,9-12H2,1-2H3. The van der Waals surface area contributed by atoms with E-state index in [-0.39, 0.29) is 36.6 Å². The van der Waals surface area contributed by atoms with Crippen molar-refractivity contribution in [2.75, 3.05) is 26.2 Å². The maximum Gasteiger partial charge on any atom is 0.256 e. The van der Waals surface area contributed by atoms with E-state index >= 15 is 0 Å². The number of hydrogen-bond donors (Lipinski definition) is 0. The molecule has 1 fully saturated rings. The Kier molecular flexibility index (Phi) is 5.11. The molecule has 26 heavy (non-hydrogen) atoms. The van der Waals surface area contributed by atoms with E-state index in [9.17, 15) is 17.6 Å². The summed E-state index contributed by atoms with van der Waals surface area (Å²) in [4.78, 5) is 14.2. The predicted molar refractivity (Wildman–Crippen MR) is 97.0 cm³/mol. The first kappa shape index (κ1) is 18.5. The number of aryl methyl sites for hydroxylation is 2. The molecular weight excluding hydrogens is 355 g/mol. The lowest BCUT2D eigenvalue weighted by Gasteiger charge is -2.34. The molecular formula is C19H21FN2O3S. The fourth-order valence-corrected chi connectivity index (χ4v) is 4.47. The number of carbonyl (C=O) groups excluding carboxylic acids is 1. The highest BCUT2D eigenvalue weighted by Gasteiger charge is 2.31. The first-order chi connectivity index (χ1) is 12.3. The third-order valence-corrected chi connectivity index (χ3v) is 6.64. The van der Waals surface area contributed by atoms with Gasteiger partial charge in [0.25, 0.3) is 5.91 Å². The van der Waals surface area contributed by atoms with E-state index in [4.69, 9.17) is 0 Å². The Balaban J connectivity index is 1.72. The highest BCUT2D eigenvalue weighted by Crippen LogP contribution is 2.21. The van der Waals surface area contributed by atoms with Crippen molar-refractivity contribution in [2.45, 2.75) is 18.7 Å². The SMILES string of the molecule is Cc1ccc(S(=O)(=O)N2CCN(C(=O)c3ccccc3F)CC2)cc1C. The molecule has 0 aliphatic carbocycles. The van der Waals surface area contributed by atoms with E-state index in [1.54, 1.807) is 24.3 Å². The fourth-order valence-electron chi connectivity index (χ4n) is 2.96. The van der Waals surface area contributed by atoms with Crippen LogP contribution in [0.25, 0.3) is 0 Å². The summed E-state index contributed by atoms with van der Waals surface area (Å²) in [5.41, 5.74) is 1.96. The third-order valence-electron chi connectivity index (χ3n) is 4.75. The molecule has 0 N–H and O–H groups in total. The molecule has 2 aromatic rings. The molecule has 138 valence electrons. The molecule has 7 heteroatoms. The van der Waals surface area contributed by atoms with Gasteiger partial charge in [-0.2, -0.15) is 4.31 Å². The Bertz CT molecular complexity index is 936. The number of sulfonamides is 1. The average molecular weight is 376 g/mol. The summed E-state index contributed by atoms with van der Waals surface area (Å²) >= 11 is 0. The van der Waals surface area contributed by atoms with Crippen molar-refractivity contribution in [2.24, 2.45) is 0 Å². The minimum Gasteiger partial charge on any atom is -0.336 e. The summed E-state index contributed by atoms with van der Waals surface area (Å²) in [5, 5.41) is 0. The topological polar surface area (TPSA) is 57.7 Å². The third kappa shape index (κ3) is 3.50. The Morgan fingerprint density at radius 1 is 0.962 bits per heavy atom. The summed E-state index contributed by atoms with van der Waals surface area (Å²) in [5.74, 6) is -0.978. The van der Waals surface area contributed by atoms with Gasteiger partial charge >= 0.3 is 0 Å². The molecule has 0 spiro atoms. The summed E-state index contributed by atoms with van der Waals surface area (Å²) < 4.78 is 40.8. The fraction of sp³-hybridized carbons (Fsp3) is 0.316. The smallest absolute Gasteiger partial charge is 0.256 e. The highest BCUT2D eigenvalue weighted by molar-refractivity contribution is 7.89. The van der Waals surface area contributed by atoms with Crippen LogP contribution in [0.2, 0.25) is 0 Å². The van der Waals surface area contributed by atoms with Crippen molar-refractivity contribution >= 4 is 15.9 Å². The molecule has 1 amide bonds. The molecule has 0 saturated carbocycles. The van der Waals surface area contributed by atoms with Crippen LogP contribution in [0.3, 0.4) is 0 Å². The second kappa shape index (κ2) is 7.17. The molecule has 0 bridgehead atoms. The number of carbonyl (C=O) groups is 1. The molecule has 0 unspecified atom stereocenters. The highest BCUT2D eigenvalue weighted by atomic mass is 32.2. The number of halogens is 1. The number of hydrogen-bond acceptors (Lipinski definition) is 3. The lowest BCUT2D eigenvalue weighted by molar-refractivity contribution is 0.0693. The van der Waals surface area contributed by atoms with E-state index in [0.29, 0.717) is 0 Å². The van der Waals surface area contributed by atoms with Crippen LogP contribution in [0.15, 0.2) is 47.4 Å². The van der Waals surface area contributed by atoms with Gasteiger partial charge < -0.3 is 4.90 Å². The molecule has 1 aliphatic heterocycles. The van der Waals surface area contributed by atoms with Gasteiger partial charge in [-0.3, -0.25) is 4.79 Å². The van der Waals surface area contributed by atoms with Crippen LogP contribution < -0.4 is 0 Å². The molecule has 5 nitrogen and oxygen atoms in total. The maximum absolute atomic E-state index is 13.8. The van der Waals surface area contributed by atoms with Gasteiger partial charge in [-0.05, 0) is 49.2 Å². The van der Waals surface area contributed by atoms with E-state index in [0.717, 1.165) is 11.1 Å². The summed E-state index contributed by atoms with van der Waals surface area (Å²) in [6.45, 7) is 4.65. The molecule has 2 aromatic carbocycles. The van der Waals surface area contributed by atoms with Crippen LogP contribution in [0, 0.1) is 19.7 Å². The first-order valence-electron chi connectivity index (χ1n) is 8.42. The zero-order valence-electron chi connectivity index (χ0n) is 14.8. The van der Waals surface area contributed by atoms with E-state index in [2.05, 4.69) is 0 Å². The number of benzene rings is 2. The molecule has 0 radical (unpaired) electrons. The van der Waals surface area contributed by atoms with Crippen molar-refractivity contribution in [3.8, 4) is 0 Å². The van der Waals surface area contributed by atoms with Gasteiger partial charge in [-0.15, -0.1) is 0 Å². The summed E-state index contributed by atoms with van der Waals surface area (Å²) in [6.07, 6.45) is 0. The lowest BCUT2D eigenvalue weighted by Crippen LogP contribution is -2.50. The largest absolute Gasteiger partial charge is 0.336 e. The van der Waals surface area contributed by atoms with Gasteiger partial charge in [0.2, 0.25) is 10.0 Å². The normalized spacial score (nSPS) is 15.9. The molecule has 1 aliphatic rings. The van der Waals surface area contributed by atoms with Crippen molar-refractivity contribution in [1.82, 2.24) is 9.21 Å². The number of nitrogens with zero attached hydrogens (tertiary/aromatic N) is 2. The number of piperazine rings is 1. The van der Waals surface area contributed by atoms with Crippen molar-refractivity contribution in [3.63, 3.8) is 0 Å². The van der Waals surface area contributed by atoms with Crippen LogP contribution >= 0.6 is 0 Å². The molecule has 0 aromatic heterocycles. The van der Waals surface area contributed by atoms with Gasteiger partial charge in [0, 0.05) is 26.2 Å². The predicted octanol–water partition coefficient (Wildman–Crippen LogP) is 2.59. The van der Waals surface area contributed by atoms with Gasteiger partial charge in [-0.25, -0.2) is 12.8 Å². The monoisotopic (exact) mass is 376 g/mol. The summed E-state index contributed by atoms with van der Waals surface area (Å²) in [6, 6.07) is 10.9. The van der Waals surface area contributed by atoms with Crippen LogP contribution in [-0.4, -0.2) is 49.7 Å². The van der Waals surface area contributed by atoms with Crippen molar-refractivity contribution in [3.05, 3.63) is 65.0 Å². The quantitative estimate of drug-likeness (QED) is 0.827. The van der Waals surface area contributed by atoms with Crippen molar-refractivity contribution in [1.29, 1.82) is 0 Å². The Morgan fingerprint density at radius 3 is 2.23 bits per heavy atom. The number of rotatable bonds is 3. The molecule has 3 rings (SSSR count). The van der Waals surface area contributed by atoms with Gasteiger partial charge in [0.1, 0.15) is 5.82 Å². The van der Waals surface area contributed by atoms with Gasteiger partial charge in [0.15, 0.2) is 0 Å². The molecule has 1 heterocycles. The van der Waals surface area contributed by atoms with E-state index in [1.165, 1.54) is 27.4 Å². The van der Waals surface area contributed by atoms with Crippen molar-refractivity contribution < 1.29 is 17.6 Å². The zero-order valence-corrected chi connectivity index (χ0v) is 15.6. The second-order valence-corrected chi connectivity index (χ2v) is 8.36. The Labute approximate surface area is 153 Å². The van der Waals surface area contributed by atoms with E-state index < -0.39 is 21.7 Å². The van der Waals surface area contributed by atoms with Crippen LogP contribution in [0.5, 0.6) is 0 Å². The second-order valence-electron chi connectivity index (χ2n) is 6.42. The molecule has 1 saturated heterocycles. The average Bonchev–Trinajstić information content (AvgIpc) is 2.64. The van der Waals surface area contributed by atoms with Gasteiger partial charge in [-0.1, -0.05) is 18.2 Å². The number of amides is 1. The van der Waals surface area contributed by atoms with Gasteiger partial charge in [0.05, 0.1) is 10.5 Å². The maximum atomic E-state index is 13.8. The van der Waals surface area contributed by atoms with Crippen LogP contribution in [-0.2, 0) is 10.0 Å². The zero-order chi connectivity index (χ0) is 18.9. The summed E-state index contributed by atoms with van der Waals surface area (Å²) in [7, 11) is -3.60. The first-order valence-corrected chi connectivity index (χ1v) is 9.86. The van der Waals surface area contributed by atoms with Crippen LogP contribution in [0.1, 0.15) is 21.5 Å². The molecule has 0 atom stereocenters. The Hall–Kier alpha value is -2.25.